The summed E-state index contributed by atoms with van der Waals surface area (Å²) >= 11 is 0. The Morgan fingerprint density at radius 3 is 2.59 bits per heavy atom. The minimum absolute atomic E-state index is 0.103. The molecular formula is C19H28FN5O9. The summed E-state index contributed by atoms with van der Waals surface area (Å²) in [5.41, 5.74) is 0.573. The molecule has 34 heavy (non-hydrogen) atoms. The number of nitrogens with zero attached hydrogens (tertiary/aromatic N) is 3. The minimum atomic E-state index is -1.67. The number of ether oxygens (including phenoxy) is 2. The van der Waals surface area contributed by atoms with Crippen LogP contribution in [-0.4, -0.2) is 81.2 Å². The quantitative estimate of drug-likeness (QED) is 0.123. The molecule has 14 nitrogen and oxygen atoms in total. The van der Waals surface area contributed by atoms with E-state index >= 15 is 0 Å². The summed E-state index contributed by atoms with van der Waals surface area (Å²) in [5.74, 6) is -2.97. The van der Waals surface area contributed by atoms with Crippen LogP contribution >= 0.6 is 0 Å². The maximum Gasteiger partial charge on any atom is 0.410 e. The first-order valence-corrected chi connectivity index (χ1v) is 10.5. The zero-order valence-corrected chi connectivity index (χ0v) is 18.4. The highest BCUT2D eigenvalue weighted by Gasteiger charge is 2.24. The normalized spacial score (nSPS) is 12.3. The van der Waals surface area contributed by atoms with Crippen LogP contribution in [0.3, 0.4) is 0 Å². The molecule has 0 unspecified atom stereocenters. The first-order chi connectivity index (χ1) is 16.2. The number of alkyl halides is 1. The van der Waals surface area contributed by atoms with E-state index in [4.69, 9.17) is 14.9 Å². The lowest BCUT2D eigenvalue weighted by Gasteiger charge is -2.19. The Labute approximate surface area is 193 Å². The number of aryl methyl sites for hydroxylation is 2. The molecule has 0 aliphatic rings. The largest absolute Gasteiger partial charge is 0.481 e. The number of carboxylic acid groups (broad SMARTS) is 2. The van der Waals surface area contributed by atoms with E-state index in [1.54, 1.807) is 6.20 Å². The number of halogens is 1. The van der Waals surface area contributed by atoms with Crippen molar-refractivity contribution in [3.05, 3.63) is 11.9 Å². The fourth-order valence-corrected chi connectivity index (χ4v) is 2.68. The van der Waals surface area contributed by atoms with Crippen molar-refractivity contribution < 1.29 is 48.0 Å². The third-order valence-corrected chi connectivity index (χ3v) is 4.37. The van der Waals surface area contributed by atoms with Gasteiger partial charge in [0.25, 0.3) is 6.47 Å². The summed E-state index contributed by atoms with van der Waals surface area (Å²) in [6.45, 7) is -0.0304. The van der Waals surface area contributed by atoms with Crippen LogP contribution < -0.4 is 10.6 Å². The fraction of sp³-hybridized carbons (Fsp3) is 0.632. The Morgan fingerprint density at radius 1 is 1.18 bits per heavy atom. The standard InChI is InChI=1S/C19H28FN5O9/c20-8-10-25-11-13(23-24-25)4-6-15(27)21-9-2-1-3-16(33-12-26)22-19(32)34-14(18(30)31)5-7-17(28)29/h11-12,14,16H,1-10H2,(H,21,27)(H,22,32)(H,28,29)(H,30,31)/t14-,16+/m0/s1. The number of hydrogen-bond donors (Lipinski definition) is 4. The van der Waals surface area contributed by atoms with E-state index in [-0.39, 0.29) is 31.8 Å². The zero-order chi connectivity index (χ0) is 25.3. The van der Waals surface area contributed by atoms with Crippen LogP contribution in [0.1, 0.15) is 44.2 Å². The summed E-state index contributed by atoms with van der Waals surface area (Å²) in [7, 11) is 0. The molecule has 0 aromatic carbocycles. The van der Waals surface area contributed by atoms with Gasteiger partial charge in [-0.1, -0.05) is 5.21 Å². The van der Waals surface area contributed by atoms with Crippen LogP contribution in [0.4, 0.5) is 9.18 Å². The molecule has 4 N–H and O–H groups in total. The summed E-state index contributed by atoms with van der Waals surface area (Å²) in [4.78, 5) is 56.0. The SMILES string of the molecule is O=CO[C@H](CCCCNC(=O)CCc1cn(CCF)nn1)NC(=O)O[C@@H](CCC(=O)O)C(=O)O. The number of hydrogen-bond acceptors (Lipinski definition) is 9. The lowest BCUT2D eigenvalue weighted by atomic mass is 10.2. The first-order valence-electron chi connectivity index (χ1n) is 10.5. The number of nitrogens with one attached hydrogen (secondary N) is 2. The van der Waals surface area contributed by atoms with E-state index in [0.29, 0.717) is 31.5 Å². The zero-order valence-electron chi connectivity index (χ0n) is 18.4. The molecule has 0 fully saturated rings. The van der Waals surface area contributed by atoms with Crippen molar-refractivity contribution in [3.8, 4) is 0 Å². The monoisotopic (exact) mass is 489 g/mol. The molecular weight excluding hydrogens is 461 g/mol. The fourth-order valence-electron chi connectivity index (χ4n) is 2.68. The lowest BCUT2D eigenvalue weighted by Crippen LogP contribution is -2.40. The number of amides is 2. The molecule has 0 saturated heterocycles. The van der Waals surface area contributed by atoms with Gasteiger partial charge in [0.1, 0.15) is 6.67 Å². The van der Waals surface area contributed by atoms with Crippen molar-refractivity contribution in [2.75, 3.05) is 13.2 Å². The highest BCUT2D eigenvalue weighted by Crippen LogP contribution is 2.07. The average Bonchev–Trinajstić information content (AvgIpc) is 3.22. The van der Waals surface area contributed by atoms with Crippen LogP contribution in [0, 0.1) is 0 Å². The van der Waals surface area contributed by atoms with Gasteiger partial charge >= 0.3 is 18.0 Å². The molecule has 2 atom stereocenters. The summed E-state index contributed by atoms with van der Waals surface area (Å²) in [6.07, 6.45) is -1.70. The topological polar surface area (TPSA) is 199 Å². The predicted molar refractivity (Wildman–Crippen MR) is 110 cm³/mol. The third-order valence-electron chi connectivity index (χ3n) is 4.37. The van der Waals surface area contributed by atoms with Gasteiger partial charge in [0, 0.05) is 44.8 Å². The molecule has 1 aromatic heterocycles. The second-order valence-corrected chi connectivity index (χ2v) is 7.04. The Kier molecular flexibility index (Phi) is 13.2. The van der Waals surface area contributed by atoms with Gasteiger partial charge in [-0.3, -0.25) is 19.7 Å². The Hall–Kier alpha value is -3.78. The van der Waals surface area contributed by atoms with Crippen molar-refractivity contribution in [1.82, 2.24) is 25.6 Å². The van der Waals surface area contributed by atoms with Crippen molar-refractivity contribution in [2.45, 2.75) is 63.8 Å². The molecule has 15 heteroatoms. The van der Waals surface area contributed by atoms with Gasteiger partial charge in [0.05, 0.1) is 12.2 Å². The molecule has 0 spiro atoms. The van der Waals surface area contributed by atoms with Crippen LogP contribution in [-0.2, 0) is 41.6 Å². The summed E-state index contributed by atoms with van der Waals surface area (Å²) in [6, 6.07) is 0. The number of alkyl carbamates (subject to hydrolysis) is 1. The van der Waals surface area contributed by atoms with Crippen molar-refractivity contribution in [2.24, 2.45) is 0 Å². The third kappa shape index (κ3) is 12.3. The maximum atomic E-state index is 12.2. The number of carbonyl (C=O) groups is 5. The highest BCUT2D eigenvalue weighted by atomic mass is 19.1. The summed E-state index contributed by atoms with van der Waals surface area (Å²) in [5, 5.41) is 30.1. The molecule has 0 aliphatic carbocycles. The average molecular weight is 489 g/mol. The van der Waals surface area contributed by atoms with Gasteiger partial charge in [-0.2, -0.15) is 0 Å². The Morgan fingerprint density at radius 2 is 1.94 bits per heavy atom. The van der Waals surface area contributed by atoms with Crippen molar-refractivity contribution >= 4 is 30.4 Å². The second-order valence-electron chi connectivity index (χ2n) is 7.04. The molecule has 190 valence electrons. The minimum Gasteiger partial charge on any atom is -0.481 e. The van der Waals surface area contributed by atoms with E-state index in [1.807, 2.05) is 0 Å². The maximum absolute atomic E-state index is 12.2. The highest BCUT2D eigenvalue weighted by molar-refractivity contribution is 5.78. The molecule has 0 bridgehead atoms. The van der Waals surface area contributed by atoms with Gasteiger partial charge in [-0.05, 0) is 12.8 Å². The second kappa shape index (κ2) is 15.9. The van der Waals surface area contributed by atoms with Crippen LogP contribution in [0.25, 0.3) is 0 Å². The number of carbonyl (C=O) groups excluding carboxylic acids is 3. The number of unbranched alkanes of at least 4 members (excludes halogenated alkanes) is 1. The summed E-state index contributed by atoms with van der Waals surface area (Å²) < 4.78 is 23.0. The van der Waals surface area contributed by atoms with Crippen molar-refractivity contribution in [3.63, 3.8) is 0 Å². The van der Waals surface area contributed by atoms with E-state index in [2.05, 4.69) is 25.7 Å². The Balaban J connectivity index is 2.29. The predicted octanol–water partition coefficient (Wildman–Crippen LogP) is 0.0100. The number of rotatable bonds is 18. The number of aliphatic carboxylic acids is 2. The molecule has 1 rings (SSSR count). The first kappa shape index (κ1) is 28.3. The van der Waals surface area contributed by atoms with Crippen LogP contribution in [0.2, 0.25) is 0 Å². The van der Waals surface area contributed by atoms with Gasteiger partial charge in [-0.25, -0.2) is 18.7 Å². The van der Waals surface area contributed by atoms with Crippen LogP contribution in [0.5, 0.6) is 0 Å². The van der Waals surface area contributed by atoms with Gasteiger partial charge in [0.15, 0.2) is 6.23 Å². The van der Waals surface area contributed by atoms with E-state index in [9.17, 15) is 28.4 Å². The van der Waals surface area contributed by atoms with Gasteiger partial charge in [0.2, 0.25) is 12.0 Å². The van der Waals surface area contributed by atoms with E-state index in [0.717, 1.165) is 0 Å². The smallest absolute Gasteiger partial charge is 0.410 e. The van der Waals surface area contributed by atoms with Gasteiger partial charge in [-0.15, -0.1) is 5.10 Å². The molecule has 1 heterocycles. The Bertz CT molecular complexity index is 820. The molecule has 1 aromatic rings. The van der Waals surface area contributed by atoms with E-state index in [1.165, 1.54) is 4.68 Å². The number of aromatic nitrogens is 3. The van der Waals surface area contributed by atoms with Crippen molar-refractivity contribution in [1.29, 1.82) is 0 Å². The number of carboxylic acids is 2. The van der Waals surface area contributed by atoms with Gasteiger partial charge < -0.3 is 25.0 Å². The molecule has 0 aliphatic heterocycles. The molecule has 2 amide bonds. The molecule has 0 radical (unpaired) electrons. The van der Waals surface area contributed by atoms with Crippen LogP contribution in [0.15, 0.2) is 6.20 Å². The lowest BCUT2D eigenvalue weighted by molar-refractivity contribution is -0.149. The molecule has 0 saturated carbocycles. The van der Waals surface area contributed by atoms with E-state index < -0.39 is 49.9 Å².